The maximum absolute atomic E-state index is 4.50. The Morgan fingerprint density at radius 2 is 1.82 bits per heavy atom. The Morgan fingerprint density at radius 1 is 1.00 bits per heavy atom. The Balaban J connectivity index is 1.55. The van der Waals surface area contributed by atoms with Crippen LogP contribution in [0.25, 0.3) is 0 Å². The van der Waals surface area contributed by atoms with Gasteiger partial charge in [0.05, 0.1) is 5.69 Å². The van der Waals surface area contributed by atoms with Gasteiger partial charge >= 0.3 is 0 Å². The van der Waals surface area contributed by atoms with Gasteiger partial charge in [-0.2, -0.15) is 0 Å². The Kier molecular flexibility index (Phi) is 3.58. The summed E-state index contributed by atoms with van der Waals surface area (Å²) in [7, 11) is 0. The minimum absolute atomic E-state index is 0.593. The maximum Gasteiger partial charge on any atom is 0.225 e. The van der Waals surface area contributed by atoms with Crippen LogP contribution in [0.1, 0.15) is 30.5 Å². The van der Waals surface area contributed by atoms with Crippen LogP contribution in [-0.2, 0) is 12.8 Å². The lowest BCUT2D eigenvalue weighted by atomic mass is 9.93. The number of rotatable bonds is 3. The Bertz CT molecular complexity index is 640. The van der Waals surface area contributed by atoms with E-state index in [9.17, 15) is 0 Å². The average Bonchev–Trinajstić information content (AvgIpc) is 2.75. The molecular formula is C16H20N6. The summed E-state index contributed by atoms with van der Waals surface area (Å²) in [4.78, 5) is 19.9. The lowest BCUT2D eigenvalue weighted by Gasteiger charge is -2.28. The fourth-order valence-electron chi connectivity index (χ4n) is 3.05. The van der Waals surface area contributed by atoms with E-state index in [1.54, 1.807) is 18.7 Å². The molecule has 4 rings (SSSR count). The standard InChI is InChI=1S/C16H20N6/c1-3-12(4-1)21-15-13-5-9-22(16-17-7-2-8-18-16)10-6-14(13)19-11-20-15/h2,7-8,11-12H,1,3-6,9-10H2,(H,19,20,21). The smallest absolute Gasteiger partial charge is 0.225 e. The predicted octanol–water partition coefficient (Wildman–Crippen LogP) is 1.84. The van der Waals surface area contributed by atoms with E-state index in [2.05, 4.69) is 30.2 Å². The van der Waals surface area contributed by atoms with E-state index in [4.69, 9.17) is 0 Å². The monoisotopic (exact) mass is 296 g/mol. The Morgan fingerprint density at radius 3 is 2.59 bits per heavy atom. The van der Waals surface area contributed by atoms with Gasteiger partial charge in [-0.1, -0.05) is 0 Å². The van der Waals surface area contributed by atoms with E-state index in [-0.39, 0.29) is 0 Å². The maximum atomic E-state index is 4.50. The molecule has 1 N–H and O–H groups in total. The van der Waals surface area contributed by atoms with Crippen LogP contribution in [0.5, 0.6) is 0 Å². The van der Waals surface area contributed by atoms with Crippen LogP contribution in [0.3, 0.4) is 0 Å². The molecule has 0 aromatic carbocycles. The van der Waals surface area contributed by atoms with Gasteiger partial charge in [-0.25, -0.2) is 19.9 Å². The van der Waals surface area contributed by atoms with Crippen molar-refractivity contribution in [2.45, 2.75) is 38.1 Å². The summed E-state index contributed by atoms with van der Waals surface area (Å²) in [5.41, 5.74) is 2.43. The molecule has 3 heterocycles. The van der Waals surface area contributed by atoms with Crippen molar-refractivity contribution in [1.82, 2.24) is 19.9 Å². The number of hydrogen-bond donors (Lipinski definition) is 1. The first kappa shape index (κ1) is 13.4. The molecule has 1 aliphatic carbocycles. The lowest BCUT2D eigenvalue weighted by molar-refractivity contribution is 0.444. The number of fused-ring (bicyclic) bond motifs is 1. The van der Waals surface area contributed by atoms with Crippen molar-refractivity contribution in [3.63, 3.8) is 0 Å². The van der Waals surface area contributed by atoms with Gasteiger partial charge in [0, 0.05) is 43.5 Å². The predicted molar refractivity (Wildman–Crippen MR) is 84.9 cm³/mol. The van der Waals surface area contributed by atoms with E-state index in [0.717, 1.165) is 43.4 Å². The molecule has 22 heavy (non-hydrogen) atoms. The quantitative estimate of drug-likeness (QED) is 0.932. The number of nitrogens with zero attached hydrogens (tertiary/aromatic N) is 5. The fourth-order valence-corrected chi connectivity index (χ4v) is 3.05. The molecule has 0 radical (unpaired) electrons. The fraction of sp³-hybridized carbons (Fsp3) is 0.500. The summed E-state index contributed by atoms with van der Waals surface area (Å²) in [5, 5.41) is 3.59. The van der Waals surface area contributed by atoms with Crippen LogP contribution >= 0.6 is 0 Å². The van der Waals surface area contributed by atoms with Gasteiger partial charge < -0.3 is 10.2 Å². The van der Waals surface area contributed by atoms with Crippen molar-refractivity contribution in [1.29, 1.82) is 0 Å². The van der Waals surface area contributed by atoms with E-state index in [1.165, 1.54) is 24.8 Å². The van der Waals surface area contributed by atoms with Crippen LogP contribution in [0.2, 0.25) is 0 Å². The molecule has 1 fully saturated rings. The minimum atomic E-state index is 0.593. The van der Waals surface area contributed by atoms with Crippen LogP contribution in [0.15, 0.2) is 24.8 Å². The molecule has 0 spiro atoms. The van der Waals surface area contributed by atoms with Crippen molar-refractivity contribution in [3.05, 3.63) is 36.0 Å². The Labute approximate surface area is 130 Å². The molecule has 1 saturated carbocycles. The minimum Gasteiger partial charge on any atom is -0.367 e. The third-order valence-electron chi connectivity index (χ3n) is 4.57. The van der Waals surface area contributed by atoms with Crippen LogP contribution in [0.4, 0.5) is 11.8 Å². The first-order valence-corrected chi connectivity index (χ1v) is 8.01. The number of anilines is 2. The van der Waals surface area contributed by atoms with Crippen molar-refractivity contribution < 1.29 is 0 Å². The molecule has 0 unspecified atom stereocenters. The van der Waals surface area contributed by atoms with E-state index >= 15 is 0 Å². The largest absolute Gasteiger partial charge is 0.367 e. The van der Waals surface area contributed by atoms with Crippen LogP contribution < -0.4 is 10.2 Å². The highest BCUT2D eigenvalue weighted by Crippen LogP contribution is 2.27. The zero-order chi connectivity index (χ0) is 14.8. The summed E-state index contributed by atoms with van der Waals surface area (Å²) >= 11 is 0. The first-order chi connectivity index (χ1) is 10.9. The SMILES string of the molecule is c1cnc(N2CCc3ncnc(NC4CCC4)c3CC2)nc1. The van der Waals surface area contributed by atoms with Gasteiger partial charge in [0.1, 0.15) is 12.1 Å². The molecule has 0 amide bonds. The van der Waals surface area contributed by atoms with Crippen LogP contribution in [-0.4, -0.2) is 39.1 Å². The zero-order valence-corrected chi connectivity index (χ0v) is 12.6. The topological polar surface area (TPSA) is 66.8 Å². The second-order valence-electron chi connectivity index (χ2n) is 5.96. The second kappa shape index (κ2) is 5.87. The molecule has 2 aromatic heterocycles. The molecule has 0 saturated heterocycles. The van der Waals surface area contributed by atoms with Gasteiger partial charge in [0.25, 0.3) is 0 Å². The van der Waals surface area contributed by atoms with Crippen molar-refractivity contribution in [3.8, 4) is 0 Å². The summed E-state index contributed by atoms with van der Waals surface area (Å²) in [6.07, 6.45) is 11.0. The van der Waals surface area contributed by atoms with Gasteiger partial charge in [-0.15, -0.1) is 0 Å². The number of nitrogens with one attached hydrogen (secondary N) is 1. The van der Waals surface area contributed by atoms with Gasteiger partial charge in [-0.05, 0) is 31.7 Å². The van der Waals surface area contributed by atoms with Gasteiger partial charge in [-0.3, -0.25) is 0 Å². The third kappa shape index (κ3) is 2.61. The lowest BCUT2D eigenvalue weighted by Crippen LogP contribution is -2.29. The van der Waals surface area contributed by atoms with E-state index < -0.39 is 0 Å². The van der Waals surface area contributed by atoms with Crippen molar-refractivity contribution >= 4 is 11.8 Å². The third-order valence-corrected chi connectivity index (χ3v) is 4.57. The molecule has 2 aliphatic rings. The molecule has 6 heteroatoms. The molecule has 1 aliphatic heterocycles. The van der Waals surface area contributed by atoms with Gasteiger partial charge in [0.15, 0.2) is 0 Å². The molecule has 6 nitrogen and oxygen atoms in total. The number of hydrogen-bond acceptors (Lipinski definition) is 6. The van der Waals surface area contributed by atoms with E-state index in [0.29, 0.717) is 6.04 Å². The highest BCUT2D eigenvalue weighted by atomic mass is 15.2. The first-order valence-electron chi connectivity index (χ1n) is 8.01. The molecule has 0 bridgehead atoms. The number of aromatic nitrogens is 4. The van der Waals surface area contributed by atoms with Gasteiger partial charge in [0.2, 0.25) is 5.95 Å². The molecular weight excluding hydrogens is 276 g/mol. The van der Waals surface area contributed by atoms with E-state index in [1.807, 2.05) is 6.07 Å². The molecule has 0 atom stereocenters. The van der Waals surface area contributed by atoms with Crippen molar-refractivity contribution in [2.24, 2.45) is 0 Å². The highest BCUT2D eigenvalue weighted by Gasteiger charge is 2.23. The zero-order valence-electron chi connectivity index (χ0n) is 12.6. The summed E-state index contributed by atoms with van der Waals surface area (Å²) in [6.45, 7) is 1.81. The van der Waals surface area contributed by atoms with Crippen molar-refractivity contribution in [2.75, 3.05) is 23.3 Å². The summed E-state index contributed by atoms with van der Waals surface area (Å²) in [5.74, 6) is 1.84. The van der Waals surface area contributed by atoms with Crippen LogP contribution in [0, 0.1) is 0 Å². The Hall–Kier alpha value is -2.24. The summed E-state index contributed by atoms with van der Waals surface area (Å²) in [6, 6.07) is 2.44. The molecule has 114 valence electrons. The average molecular weight is 296 g/mol. The second-order valence-corrected chi connectivity index (χ2v) is 5.96. The normalized spacial score (nSPS) is 18.3. The molecule has 2 aromatic rings. The highest BCUT2D eigenvalue weighted by molar-refractivity contribution is 5.49. The summed E-state index contributed by atoms with van der Waals surface area (Å²) < 4.78 is 0.